The molecule has 7 heteroatoms. The van der Waals surface area contributed by atoms with Gasteiger partial charge in [-0.15, -0.1) is 0 Å². The smallest absolute Gasteiger partial charge is 0.258 e. The summed E-state index contributed by atoms with van der Waals surface area (Å²) in [7, 11) is 0. The van der Waals surface area contributed by atoms with E-state index in [0.29, 0.717) is 25.7 Å². The zero-order valence-electron chi connectivity index (χ0n) is 11.2. The van der Waals surface area contributed by atoms with Gasteiger partial charge in [0, 0.05) is 26.2 Å². The average molecular weight is 268 g/mol. The summed E-state index contributed by atoms with van der Waals surface area (Å²) in [6.45, 7) is 7.84. The van der Waals surface area contributed by atoms with Gasteiger partial charge in [-0.2, -0.15) is 4.98 Å². The molecule has 7 nitrogen and oxygen atoms in total. The molecule has 3 rings (SSSR count). The summed E-state index contributed by atoms with van der Waals surface area (Å²) < 4.78 is 16.2. The van der Waals surface area contributed by atoms with E-state index in [0.717, 1.165) is 32.0 Å². The van der Waals surface area contributed by atoms with Crippen LogP contribution >= 0.6 is 0 Å². The largest absolute Gasteiger partial charge is 0.376 e. The van der Waals surface area contributed by atoms with Crippen molar-refractivity contribution in [3.63, 3.8) is 0 Å². The Bertz CT molecular complexity index is 399. The molecule has 19 heavy (non-hydrogen) atoms. The summed E-state index contributed by atoms with van der Waals surface area (Å²) in [6.07, 6.45) is -0.217. The first-order valence-corrected chi connectivity index (χ1v) is 6.82. The van der Waals surface area contributed by atoms with Gasteiger partial charge in [0.1, 0.15) is 0 Å². The molecule has 1 aromatic rings. The van der Waals surface area contributed by atoms with Crippen molar-refractivity contribution >= 4 is 0 Å². The second-order valence-electron chi connectivity index (χ2n) is 4.89. The second-order valence-corrected chi connectivity index (χ2v) is 4.89. The van der Waals surface area contributed by atoms with Crippen LogP contribution in [0.3, 0.4) is 0 Å². The van der Waals surface area contributed by atoms with Crippen molar-refractivity contribution < 1.29 is 14.0 Å². The molecule has 0 aromatic carbocycles. The fourth-order valence-corrected chi connectivity index (χ4v) is 2.41. The molecule has 0 saturated carbocycles. The van der Waals surface area contributed by atoms with Crippen LogP contribution in [0.5, 0.6) is 0 Å². The van der Waals surface area contributed by atoms with E-state index in [1.54, 1.807) is 0 Å². The summed E-state index contributed by atoms with van der Waals surface area (Å²) in [5.74, 6) is 1.25. The van der Waals surface area contributed by atoms with E-state index in [-0.39, 0.29) is 12.1 Å². The first-order valence-electron chi connectivity index (χ1n) is 6.82. The van der Waals surface area contributed by atoms with E-state index in [2.05, 4.69) is 27.3 Å². The highest BCUT2D eigenvalue weighted by Crippen LogP contribution is 2.23. The van der Waals surface area contributed by atoms with Gasteiger partial charge in [-0.25, -0.2) is 0 Å². The van der Waals surface area contributed by atoms with Gasteiger partial charge in [-0.1, -0.05) is 5.16 Å². The maximum absolute atomic E-state index is 5.56. The Morgan fingerprint density at radius 1 is 1.32 bits per heavy atom. The molecule has 0 radical (unpaired) electrons. The molecule has 2 aliphatic rings. The van der Waals surface area contributed by atoms with Crippen LogP contribution in [0.4, 0.5) is 0 Å². The number of nitrogens with one attached hydrogen (secondary N) is 1. The zero-order chi connectivity index (χ0) is 13.1. The van der Waals surface area contributed by atoms with Crippen LogP contribution in [0.15, 0.2) is 4.52 Å². The quantitative estimate of drug-likeness (QED) is 0.835. The van der Waals surface area contributed by atoms with Crippen LogP contribution < -0.4 is 5.32 Å². The summed E-state index contributed by atoms with van der Waals surface area (Å²) in [5, 5.41) is 7.42. The molecule has 0 bridgehead atoms. The van der Waals surface area contributed by atoms with Gasteiger partial charge in [-0.3, -0.25) is 4.90 Å². The number of hydrogen-bond acceptors (Lipinski definition) is 7. The Balaban J connectivity index is 1.65. The van der Waals surface area contributed by atoms with Crippen LogP contribution in [-0.2, 0) is 9.47 Å². The Hall–Kier alpha value is -1.02. The van der Waals surface area contributed by atoms with Gasteiger partial charge >= 0.3 is 0 Å². The summed E-state index contributed by atoms with van der Waals surface area (Å²) >= 11 is 0. The summed E-state index contributed by atoms with van der Waals surface area (Å²) in [6, 6.07) is 0.170. The predicted octanol–water partition coefficient (Wildman–Crippen LogP) is 0.124. The third-order valence-corrected chi connectivity index (χ3v) is 3.62. The third-order valence-electron chi connectivity index (χ3n) is 3.62. The van der Waals surface area contributed by atoms with Crippen molar-refractivity contribution in [1.29, 1.82) is 0 Å². The molecule has 0 spiro atoms. The van der Waals surface area contributed by atoms with Crippen LogP contribution in [0.1, 0.15) is 30.8 Å². The number of rotatable bonds is 3. The summed E-state index contributed by atoms with van der Waals surface area (Å²) in [5.41, 5.74) is 0. The Morgan fingerprint density at radius 2 is 2.16 bits per heavy atom. The van der Waals surface area contributed by atoms with Crippen LogP contribution in [0, 0.1) is 0 Å². The first kappa shape index (κ1) is 13.0. The molecular formula is C12H20N4O3. The van der Waals surface area contributed by atoms with Gasteiger partial charge in [0.25, 0.3) is 5.89 Å². The van der Waals surface area contributed by atoms with E-state index in [1.165, 1.54) is 0 Å². The average Bonchev–Trinajstić information content (AvgIpc) is 2.98. The molecule has 106 valence electrons. The molecule has 2 atom stereocenters. The van der Waals surface area contributed by atoms with E-state index < -0.39 is 0 Å². The lowest BCUT2D eigenvalue weighted by Gasteiger charge is -2.30. The summed E-state index contributed by atoms with van der Waals surface area (Å²) in [4.78, 5) is 6.81. The number of ether oxygens (including phenoxy) is 2. The lowest BCUT2D eigenvalue weighted by atomic mass is 10.2. The standard InChI is InChI=1S/C12H20N4O3/c1-9(16-4-2-13-3-5-16)11-14-12(19-15-11)10-8-17-6-7-18-10/h9-10,13H,2-8H2,1H3. The van der Waals surface area contributed by atoms with Crippen molar-refractivity contribution in [2.75, 3.05) is 46.0 Å². The highest BCUT2D eigenvalue weighted by atomic mass is 16.6. The third kappa shape index (κ3) is 2.94. The SMILES string of the molecule is CC(c1noc(C2COCCO2)n1)N1CCNCC1. The number of piperazine rings is 1. The van der Waals surface area contributed by atoms with Gasteiger partial charge in [0.2, 0.25) is 0 Å². The van der Waals surface area contributed by atoms with E-state index in [9.17, 15) is 0 Å². The molecule has 2 aliphatic heterocycles. The molecular weight excluding hydrogens is 248 g/mol. The number of aromatic nitrogens is 2. The van der Waals surface area contributed by atoms with Crippen molar-refractivity contribution in [2.24, 2.45) is 0 Å². The highest BCUT2D eigenvalue weighted by Gasteiger charge is 2.27. The Labute approximate surface area is 112 Å². The molecule has 1 aromatic heterocycles. The Kier molecular flexibility index (Phi) is 4.07. The maximum atomic E-state index is 5.56. The molecule has 2 saturated heterocycles. The number of nitrogens with zero attached hydrogens (tertiary/aromatic N) is 3. The molecule has 2 unspecified atom stereocenters. The number of hydrogen-bond donors (Lipinski definition) is 1. The molecule has 0 amide bonds. The lowest BCUT2D eigenvalue weighted by molar-refractivity contribution is -0.101. The molecule has 2 fully saturated rings. The topological polar surface area (TPSA) is 72.7 Å². The fourth-order valence-electron chi connectivity index (χ4n) is 2.41. The monoisotopic (exact) mass is 268 g/mol. The normalized spacial score (nSPS) is 27.3. The Morgan fingerprint density at radius 3 is 2.89 bits per heavy atom. The maximum Gasteiger partial charge on any atom is 0.258 e. The zero-order valence-corrected chi connectivity index (χ0v) is 11.2. The van der Waals surface area contributed by atoms with E-state index >= 15 is 0 Å². The van der Waals surface area contributed by atoms with Gasteiger partial charge < -0.3 is 19.3 Å². The minimum atomic E-state index is -0.217. The molecule has 1 N–H and O–H groups in total. The van der Waals surface area contributed by atoms with Gasteiger partial charge in [-0.05, 0) is 6.92 Å². The minimum Gasteiger partial charge on any atom is -0.376 e. The minimum absolute atomic E-state index is 0.170. The highest BCUT2D eigenvalue weighted by molar-refractivity contribution is 4.97. The van der Waals surface area contributed by atoms with Crippen LogP contribution in [0.25, 0.3) is 0 Å². The molecule has 0 aliphatic carbocycles. The van der Waals surface area contributed by atoms with Crippen molar-refractivity contribution in [2.45, 2.75) is 19.1 Å². The van der Waals surface area contributed by atoms with Crippen molar-refractivity contribution in [3.05, 3.63) is 11.7 Å². The van der Waals surface area contributed by atoms with Crippen molar-refractivity contribution in [3.8, 4) is 0 Å². The predicted molar refractivity (Wildman–Crippen MR) is 66.7 cm³/mol. The lowest BCUT2D eigenvalue weighted by Crippen LogP contribution is -2.44. The van der Waals surface area contributed by atoms with Crippen LogP contribution in [0.2, 0.25) is 0 Å². The fraction of sp³-hybridized carbons (Fsp3) is 0.833. The second kappa shape index (κ2) is 5.96. The molecule has 3 heterocycles. The van der Waals surface area contributed by atoms with Crippen molar-refractivity contribution in [1.82, 2.24) is 20.4 Å². The van der Waals surface area contributed by atoms with Gasteiger partial charge in [0.05, 0.1) is 25.9 Å². The van der Waals surface area contributed by atoms with E-state index in [1.807, 2.05) is 0 Å². The van der Waals surface area contributed by atoms with Crippen LogP contribution in [-0.4, -0.2) is 61.0 Å². The van der Waals surface area contributed by atoms with Gasteiger partial charge in [0.15, 0.2) is 11.9 Å². The first-order chi connectivity index (χ1) is 9.34. The van der Waals surface area contributed by atoms with E-state index in [4.69, 9.17) is 14.0 Å².